The molecule has 0 aliphatic rings. The minimum Gasteiger partial charge on any atom is -0.464 e. The van der Waals surface area contributed by atoms with Crippen LogP contribution in [-0.2, 0) is 0 Å². The Morgan fingerprint density at radius 2 is 1.83 bits per heavy atom. The van der Waals surface area contributed by atoms with E-state index in [1.807, 2.05) is 13.0 Å². The average molecular weight is 393 g/mol. The summed E-state index contributed by atoms with van der Waals surface area (Å²) in [4.78, 5) is 12.3. The van der Waals surface area contributed by atoms with Gasteiger partial charge in [-0.1, -0.05) is 76.2 Å². The molecule has 0 heterocycles. The maximum atomic E-state index is 12.3. The standard InChI is InChI=1S/C16H13Cl4NO2/c1-10-5-4-6-11(9-10)14(22)21-15(16(18,19)20)23-13-8-3-2-7-12(13)17/h2-9,15H,1H3,(H,21,22)/t15-/m1/s1. The molecule has 0 saturated carbocycles. The molecule has 0 radical (unpaired) electrons. The smallest absolute Gasteiger partial charge is 0.254 e. The van der Waals surface area contributed by atoms with Crippen molar-refractivity contribution in [1.82, 2.24) is 5.32 Å². The van der Waals surface area contributed by atoms with Crippen LogP contribution in [0.3, 0.4) is 0 Å². The van der Waals surface area contributed by atoms with Gasteiger partial charge in [-0.25, -0.2) is 0 Å². The van der Waals surface area contributed by atoms with E-state index in [0.717, 1.165) is 5.56 Å². The number of rotatable bonds is 4. The van der Waals surface area contributed by atoms with Crippen LogP contribution in [0, 0.1) is 6.92 Å². The van der Waals surface area contributed by atoms with Crippen LogP contribution in [-0.4, -0.2) is 15.9 Å². The van der Waals surface area contributed by atoms with E-state index in [2.05, 4.69) is 5.32 Å². The highest BCUT2D eigenvalue weighted by Crippen LogP contribution is 2.34. The molecule has 7 heteroatoms. The Morgan fingerprint density at radius 3 is 2.43 bits per heavy atom. The summed E-state index contributed by atoms with van der Waals surface area (Å²) in [6.45, 7) is 1.88. The van der Waals surface area contributed by atoms with Crippen molar-refractivity contribution in [1.29, 1.82) is 0 Å². The lowest BCUT2D eigenvalue weighted by Crippen LogP contribution is -2.47. The van der Waals surface area contributed by atoms with Crippen LogP contribution in [0.15, 0.2) is 48.5 Å². The summed E-state index contributed by atoms with van der Waals surface area (Å²) in [5.41, 5.74) is 1.38. The van der Waals surface area contributed by atoms with Gasteiger partial charge < -0.3 is 10.1 Å². The molecule has 2 aromatic rings. The van der Waals surface area contributed by atoms with E-state index >= 15 is 0 Å². The second kappa shape index (κ2) is 7.63. The van der Waals surface area contributed by atoms with E-state index in [9.17, 15) is 4.79 Å². The lowest BCUT2D eigenvalue weighted by molar-refractivity contribution is 0.0833. The number of carbonyl (C=O) groups excluding carboxylic acids is 1. The summed E-state index contributed by atoms with van der Waals surface area (Å²) in [5.74, 6) is -0.118. The van der Waals surface area contributed by atoms with Gasteiger partial charge in [0.2, 0.25) is 10.0 Å². The quantitative estimate of drug-likeness (QED) is 0.576. The second-order valence-corrected chi connectivity index (χ2v) is 7.59. The molecule has 3 nitrogen and oxygen atoms in total. The van der Waals surface area contributed by atoms with E-state index in [4.69, 9.17) is 51.1 Å². The lowest BCUT2D eigenvalue weighted by atomic mass is 10.1. The average Bonchev–Trinajstić information content (AvgIpc) is 2.47. The van der Waals surface area contributed by atoms with E-state index in [1.165, 1.54) is 0 Å². The molecule has 0 spiro atoms. The molecule has 1 N–H and O–H groups in total. The molecule has 0 saturated heterocycles. The van der Waals surface area contributed by atoms with Crippen molar-refractivity contribution in [2.45, 2.75) is 16.9 Å². The number of para-hydroxylation sites is 1. The molecule has 23 heavy (non-hydrogen) atoms. The maximum absolute atomic E-state index is 12.3. The number of aryl methyl sites for hydroxylation is 1. The van der Waals surface area contributed by atoms with Crippen molar-refractivity contribution in [3.63, 3.8) is 0 Å². The Balaban J connectivity index is 2.20. The van der Waals surface area contributed by atoms with Gasteiger partial charge in [-0.2, -0.15) is 0 Å². The second-order valence-electron chi connectivity index (χ2n) is 4.81. The Bertz CT molecular complexity index is 700. The van der Waals surface area contributed by atoms with Crippen LogP contribution >= 0.6 is 46.4 Å². The fourth-order valence-corrected chi connectivity index (χ4v) is 2.31. The molecule has 0 unspecified atom stereocenters. The molecule has 0 aromatic heterocycles. The molecular weight excluding hydrogens is 380 g/mol. The number of benzene rings is 2. The molecule has 2 rings (SSSR count). The monoisotopic (exact) mass is 391 g/mol. The van der Waals surface area contributed by atoms with Gasteiger partial charge in [0.05, 0.1) is 5.02 Å². The highest BCUT2D eigenvalue weighted by molar-refractivity contribution is 6.68. The highest BCUT2D eigenvalue weighted by atomic mass is 35.6. The predicted molar refractivity (Wildman–Crippen MR) is 94.8 cm³/mol. The SMILES string of the molecule is Cc1cccc(C(=O)N[C@H](Oc2ccccc2Cl)C(Cl)(Cl)Cl)c1. The predicted octanol–water partition coefficient (Wildman–Crippen LogP) is 5.15. The maximum Gasteiger partial charge on any atom is 0.254 e. The van der Waals surface area contributed by atoms with Gasteiger partial charge in [0.15, 0.2) is 0 Å². The number of nitrogens with one attached hydrogen (secondary N) is 1. The summed E-state index contributed by atoms with van der Waals surface area (Å²) >= 11 is 23.8. The fourth-order valence-electron chi connectivity index (χ4n) is 1.83. The number of hydrogen-bond donors (Lipinski definition) is 1. The van der Waals surface area contributed by atoms with E-state index in [0.29, 0.717) is 16.3 Å². The largest absolute Gasteiger partial charge is 0.464 e. The zero-order valence-corrected chi connectivity index (χ0v) is 15.0. The first kappa shape index (κ1) is 18.2. The summed E-state index contributed by atoms with van der Waals surface area (Å²) in [6.07, 6.45) is -1.21. The summed E-state index contributed by atoms with van der Waals surface area (Å²) < 4.78 is 3.70. The van der Waals surface area contributed by atoms with Gasteiger partial charge in [0.25, 0.3) is 5.91 Å². The number of hydrogen-bond acceptors (Lipinski definition) is 2. The van der Waals surface area contributed by atoms with Crippen molar-refractivity contribution in [3.05, 3.63) is 64.7 Å². The van der Waals surface area contributed by atoms with Crippen LogP contribution < -0.4 is 10.1 Å². The summed E-state index contributed by atoms with van der Waals surface area (Å²) in [5, 5.41) is 2.90. The molecule has 1 amide bonds. The Labute approximate surface area is 154 Å². The molecule has 0 fully saturated rings. The Hall–Kier alpha value is -1.13. The van der Waals surface area contributed by atoms with Crippen molar-refractivity contribution < 1.29 is 9.53 Å². The first-order valence-corrected chi connectivity index (χ1v) is 8.14. The number of amides is 1. The van der Waals surface area contributed by atoms with Gasteiger partial charge in [-0.15, -0.1) is 0 Å². The fraction of sp³-hybridized carbons (Fsp3) is 0.188. The third-order valence-electron chi connectivity index (χ3n) is 2.92. The van der Waals surface area contributed by atoms with Crippen LogP contribution in [0.1, 0.15) is 15.9 Å². The van der Waals surface area contributed by atoms with Crippen LogP contribution in [0.5, 0.6) is 5.75 Å². The Kier molecular flexibility index (Phi) is 6.04. The first-order valence-electron chi connectivity index (χ1n) is 6.63. The molecule has 2 aromatic carbocycles. The van der Waals surface area contributed by atoms with Crippen molar-refractivity contribution >= 4 is 52.3 Å². The van der Waals surface area contributed by atoms with Crippen molar-refractivity contribution in [2.75, 3.05) is 0 Å². The number of ether oxygens (including phenoxy) is 1. The minimum absolute atomic E-state index is 0.301. The van der Waals surface area contributed by atoms with Gasteiger partial charge in [0, 0.05) is 5.56 Å². The number of halogens is 4. The highest BCUT2D eigenvalue weighted by Gasteiger charge is 2.36. The molecule has 0 aliphatic heterocycles. The van der Waals surface area contributed by atoms with E-state index in [1.54, 1.807) is 42.5 Å². The van der Waals surface area contributed by atoms with Crippen LogP contribution in [0.25, 0.3) is 0 Å². The van der Waals surface area contributed by atoms with Crippen molar-refractivity contribution in [2.24, 2.45) is 0 Å². The zero-order chi connectivity index (χ0) is 17.0. The molecule has 122 valence electrons. The van der Waals surface area contributed by atoms with Crippen LogP contribution in [0.2, 0.25) is 5.02 Å². The van der Waals surface area contributed by atoms with Gasteiger partial charge in [-0.05, 0) is 31.2 Å². The van der Waals surface area contributed by atoms with Crippen LogP contribution in [0.4, 0.5) is 0 Å². The summed E-state index contributed by atoms with van der Waals surface area (Å²) in [6, 6.07) is 13.7. The molecular formula is C16H13Cl4NO2. The van der Waals surface area contributed by atoms with Crippen molar-refractivity contribution in [3.8, 4) is 5.75 Å². The van der Waals surface area contributed by atoms with Gasteiger partial charge >= 0.3 is 0 Å². The molecule has 0 bridgehead atoms. The zero-order valence-electron chi connectivity index (χ0n) is 12.0. The van der Waals surface area contributed by atoms with E-state index < -0.39 is 15.9 Å². The minimum atomic E-state index is -1.88. The first-order chi connectivity index (χ1) is 10.8. The topological polar surface area (TPSA) is 38.3 Å². The number of alkyl halides is 3. The van der Waals surface area contributed by atoms with Gasteiger partial charge in [-0.3, -0.25) is 4.79 Å². The molecule has 1 atom stereocenters. The van der Waals surface area contributed by atoms with Gasteiger partial charge in [0.1, 0.15) is 5.75 Å². The van der Waals surface area contributed by atoms with E-state index in [-0.39, 0.29) is 0 Å². The third-order valence-corrected chi connectivity index (χ3v) is 3.83. The molecule has 0 aliphatic carbocycles. The normalized spacial score (nSPS) is 12.6. The lowest BCUT2D eigenvalue weighted by Gasteiger charge is -2.26. The Morgan fingerprint density at radius 1 is 1.13 bits per heavy atom. The summed E-state index contributed by atoms with van der Waals surface area (Å²) in [7, 11) is 0. The number of carbonyl (C=O) groups is 1. The third kappa shape index (κ3) is 5.18.